The van der Waals surface area contributed by atoms with E-state index in [1.807, 2.05) is 0 Å². The van der Waals surface area contributed by atoms with E-state index in [0.29, 0.717) is 0 Å². The molecule has 0 spiro atoms. The highest BCUT2D eigenvalue weighted by atomic mass is 16.7. The summed E-state index contributed by atoms with van der Waals surface area (Å²) < 4.78 is 14.6. The van der Waals surface area contributed by atoms with E-state index < -0.39 is 49.3 Å². The smallest absolute Gasteiger partial charge is 0.305 e. The van der Waals surface area contributed by atoms with Crippen LogP contribution in [0.25, 0.3) is 0 Å². The number of aliphatic hydroxyl groups is 3. The van der Waals surface area contributed by atoms with E-state index >= 15 is 0 Å². The van der Waals surface area contributed by atoms with Gasteiger partial charge in [-0.2, -0.15) is 0 Å². The Morgan fingerprint density at radius 2 is 1.67 bits per heavy atom. The number of hydrogen-bond acceptors (Lipinski definition) is 8. The topological polar surface area (TPSA) is 123 Å². The molecule has 1 unspecified atom stereocenters. The summed E-state index contributed by atoms with van der Waals surface area (Å²) in [4.78, 5) is 21.8. The van der Waals surface area contributed by atoms with E-state index in [1.54, 1.807) is 0 Å². The molecule has 0 aromatic carbocycles. The Hall–Kier alpha value is -1.22. The maximum Gasteiger partial charge on any atom is 0.305 e. The molecule has 1 fully saturated rings. The summed E-state index contributed by atoms with van der Waals surface area (Å²) in [6, 6.07) is 0. The molecule has 0 bridgehead atoms. The van der Waals surface area contributed by atoms with Gasteiger partial charge < -0.3 is 29.5 Å². The summed E-state index contributed by atoms with van der Waals surface area (Å²) in [7, 11) is 0. The van der Waals surface area contributed by atoms with Crippen LogP contribution in [0.2, 0.25) is 0 Å². The Kier molecular flexibility index (Phi) is 4.63. The fraction of sp³-hybridized carbons (Fsp3) is 0.800. The standard InChI is InChI=1S/C10H16O8/c1-5(13)16-7-8(15)10(3-11,4-12)18-9(7)17-6(2)14/h7-9,11-12,15H,3-4H2,1-2H3/t7-,8+,9?/m1/s1. The molecular formula is C10H16O8. The second-order valence-corrected chi connectivity index (χ2v) is 4.00. The minimum Gasteiger partial charge on any atom is -0.453 e. The number of rotatable bonds is 4. The molecule has 0 aliphatic carbocycles. The average molecular weight is 264 g/mol. The quantitative estimate of drug-likeness (QED) is 0.494. The molecule has 104 valence electrons. The maximum absolute atomic E-state index is 10.9. The minimum absolute atomic E-state index is 0.712. The highest BCUT2D eigenvalue weighted by Gasteiger charge is 2.57. The molecule has 8 nitrogen and oxygen atoms in total. The summed E-state index contributed by atoms with van der Waals surface area (Å²) >= 11 is 0. The highest BCUT2D eigenvalue weighted by molar-refractivity contribution is 5.67. The lowest BCUT2D eigenvalue weighted by Gasteiger charge is -2.26. The van der Waals surface area contributed by atoms with Crippen molar-refractivity contribution in [3.05, 3.63) is 0 Å². The zero-order valence-corrected chi connectivity index (χ0v) is 10.0. The second kappa shape index (κ2) is 5.61. The number of ether oxygens (including phenoxy) is 3. The van der Waals surface area contributed by atoms with Gasteiger partial charge in [0.05, 0.1) is 13.2 Å². The van der Waals surface area contributed by atoms with Crippen molar-refractivity contribution in [2.45, 2.75) is 37.9 Å². The predicted molar refractivity (Wildman–Crippen MR) is 55.1 cm³/mol. The number of esters is 2. The van der Waals surface area contributed by atoms with Gasteiger partial charge in [0.1, 0.15) is 11.7 Å². The highest BCUT2D eigenvalue weighted by Crippen LogP contribution is 2.33. The molecule has 3 N–H and O–H groups in total. The third-order valence-corrected chi connectivity index (χ3v) is 2.59. The van der Waals surface area contributed by atoms with Crippen LogP contribution in [-0.4, -0.2) is 64.6 Å². The van der Waals surface area contributed by atoms with Crippen LogP contribution in [-0.2, 0) is 23.8 Å². The van der Waals surface area contributed by atoms with Crippen molar-refractivity contribution in [1.82, 2.24) is 0 Å². The lowest BCUT2D eigenvalue weighted by molar-refractivity contribution is -0.214. The van der Waals surface area contributed by atoms with E-state index in [0.717, 1.165) is 13.8 Å². The first-order valence-corrected chi connectivity index (χ1v) is 5.28. The number of aliphatic hydroxyl groups excluding tert-OH is 3. The normalized spacial score (nSPS) is 29.9. The van der Waals surface area contributed by atoms with Crippen molar-refractivity contribution in [2.75, 3.05) is 13.2 Å². The van der Waals surface area contributed by atoms with Gasteiger partial charge in [0.15, 0.2) is 6.10 Å². The molecule has 1 rings (SSSR count). The van der Waals surface area contributed by atoms with Gasteiger partial charge in [-0.05, 0) is 0 Å². The van der Waals surface area contributed by atoms with Crippen LogP contribution in [0.4, 0.5) is 0 Å². The summed E-state index contributed by atoms with van der Waals surface area (Å²) in [5.74, 6) is -1.43. The number of carbonyl (C=O) groups is 2. The van der Waals surface area contributed by atoms with Crippen LogP contribution in [0, 0.1) is 0 Å². The Morgan fingerprint density at radius 1 is 1.17 bits per heavy atom. The van der Waals surface area contributed by atoms with Gasteiger partial charge in [-0.15, -0.1) is 0 Å². The SMILES string of the molecule is CC(=O)OC1OC(CO)(CO)[C@@H](O)[C@H]1OC(C)=O. The minimum atomic E-state index is -1.74. The van der Waals surface area contributed by atoms with Crippen LogP contribution in [0.1, 0.15) is 13.8 Å². The second-order valence-electron chi connectivity index (χ2n) is 4.00. The van der Waals surface area contributed by atoms with Crippen LogP contribution in [0.5, 0.6) is 0 Å². The Morgan fingerprint density at radius 3 is 2.06 bits per heavy atom. The molecule has 0 radical (unpaired) electrons. The van der Waals surface area contributed by atoms with Crippen molar-refractivity contribution < 1.29 is 39.1 Å². The average Bonchev–Trinajstić information content (AvgIpc) is 2.53. The van der Waals surface area contributed by atoms with Crippen molar-refractivity contribution in [3.63, 3.8) is 0 Å². The summed E-state index contributed by atoms with van der Waals surface area (Å²) in [6.07, 6.45) is -4.19. The van der Waals surface area contributed by atoms with E-state index in [4.69, 9.17) is 24.4 Å². The molecule has 0 aromatic rings. The summed E-state index contributed by atoms with van der Waals surface area (Å²) in [6.45, 7) is 0.772. The summed E-state index contributed by atoms with van der Waals surface area (Å²) in [5, 5.41) is 28.2. The molecule has 1 aliphatic rings. The fourth-order valence-electron chi connectivity index (χ4n) is 1.69. The summed E-state index contributed by atoms with van der Waals surface area (Å²) in [5.41, 5.74) is -1.74. The molecule has 1 heterocycles. The van der Waals surface area contributed by atoms with Gasteiger partial charge >= 0.3 is 11.9 Å². The molecular weight excluding hydrogens is 248 g/mol. The van der Waals surface area contributed by atoms with E-state index in [9.17, 15) is 14.7 Å². The van der Waals surface area contributed by atoms with Crippen molar-refractivity contribution >= 4 is 11.9 Å². The largest absolute Gasteiger partial charge is 0.453 e. The van der Waals surface area contributed by atoms with Crippen LogP contribution in [0.3, 0.4) is 0 Å². The van der Waals surface area contributed by atoms with Crippen molar-refractivity contribution in [2.24, 2.45) is 0 Å². The monoisotopic (exact) mass is 264 g/mol. The molecule has 8 heteroatoms. The lowest BCUT2D eigenvalue weighted by Crippen LogP contribution is -2.50. The first kappa shape index (κ1) is 14.8. The first-order chi connectivity index (χ1) is 8.36. The molecule has 0 saturated carbocycles. The third-order valence-electron chi connectivity index (χ3n) is 2.59. The van der Waals surface area contributed by atoms with E-state index in [-0.39, 0.29) is 0 Å². The third kappa shape index (κ3) is 2.78. The maximum atomic E-state index is 10.9. The Bertz CT molecular complexity index is 324. The van der Waals surface area contributed by atoms with Gasteiger partial charge in [-0.3, -0.25) is 9.59 Å². The van der Waals surface area contributed by atoms with E-state index in [2.05, 4.69) is 0 Å². The molecule has 18 heavy (non-hydrogen) atoms. The van der Waals surface area contributed by atoms with Crippen LogP contribution in [0.15, 0.2) is 0 Å². The fourth-order valence-corrected chi connectivity index (χ4v) is 1.69. The van der Waals surface area contributed by atoms with E-state index in [1.165, 1.54) is 0 Å². The predicted octanol–water partition coefficient (Wildman–Crippen LogP) is -2.08. The zero-order chi connectivity index (χ0) is 13.9. The molecule has 3 atom stereocenters. The Balaban J connectivity index is 2.94. The molecule has 0 amide bonds. The first-order valence-electron chi connectivity index (χ1n) is 5.28. The van der Waals surface area contributed by atoms with Gasteiger partial charge in [0.25, 0.3) is 0 Å². The van der Waals surface area contributed by atoms with Gasteiger partial charge in [-0.1, -0.05) is 0 Å². The van der Waals surface area contributed by atoms with Crippen LogP contribution >= 0.6 is 0 Å². The molecule has 1 saturated heterocycles. The number of carbonyl (C=O) groups excluding carboxylic acids is 2. The van der Waals surface area contributed by atoms with Gasteiger partial charge in [0, 0.05) is 13.8 Å². The van der Waals surface area contributed by atoms with Crippen LogP contribution < -0.4 is 0 Å². The van der Waals surface area contributed by atoms with Gasteiger partial charge in [0.2, 0.25) is 6.29 Å². The number of hydrogen-bond donors (Lipinski definition) is 3. The Labute approximate surface area is 103 Å². The van der Waals surface area contributed by atoms with Crippen molar-refractivity contribution in [3.8, 4) is 0 Å². The molecule has 1 aliphatic heterocycles. The van der Waals surface area contributed by atoms with Crippen molar-refractivity contribution in [1.29, 1.82) is 0 Å². The lowest BCUT2D eigenvalue weighted by atomic mass is 9.97. The molecule has 0 aromatic heterocycles. The zero-order valence-electron chi connectivity index (χ0n) is 10.0. The van der Waals surface area contributed by atoms with Gasteiger partial charge in [-0.25, -0.2) is 0 Å².